The zero-order chi connectivity index (χ0) is 25.4. The number of halogens is 6. The average molecular weight is 560 g/mol. The van der Waals surface area contributed by atoms with E-state index in [1.54, 1.807) is 0 Å². The lowest BCUT2D eigenvalue weighted by Crippen LogP contribution is -2.31. The minimum absolute atomic E-state index is 0.0160. The number of hydrogen-bond acceptors (Lipinski definition) is 7. The summed E-state index contributed by atoms with van der Waals surface area (Å²) in [7, 11) is -3.13. The number of sulfonamides is 1. The maximum Gasteiger partial charge on any atom is 0.573 e. The van der Waals surface area contributed by atoms with Crippen LogP contribution in [0.3, 0.4) is 0 Å². The predicted octanol–water partition coefficient (Wildman–Crippen LogP) is 4.56. The standard InChI is InChI=1S/C18H12Cl3F3N4O5S/c1-8-15(17(29)26-34(30,31)14-7-9(32-2)3-4-11(14)19)25-27-28(8)16-12(20)5-10(6-13(16)21)33-18(22,23)24/h3-7H,1-2H3,(H,26,29). The molecule has 2 aromatic carbocycles. The average Bonchev–Trinajstić information content (AvgIpc) is 3.07. The molecule has 1 amide bonds. The van der Waals surface area contributed by atoms with E-state index in [1.807, 2.05) is 4.72 Å². The summed E-state index contributed by atoms with van der Waals surface area (Å²) in [4.78, 5) is 12.2. The van der Waals surface area contributed by atoms with Crippen molar-refractivity contribution in [1.29, 1.82) is 0 Å². The molecule has 1 N–H and O–H groups in total. The third-order valence-corrected chi connectivity index (χ3v) is 6.59. The molecule has 16 heteroatoms. The second-order valence-electron chi connectivity index (χ2n) is 6.45. The molecule has 0 saturated carbocycles. The molecule has 1 heterocycles. The van der Waals surface area contributed by atoms with Crippen LogP contribution in [0.15, 0.2) is 35.2 Å². The monoisotopic (exact) mass is 558 g/mol. The highest BCUT2D eigenvalue weighted by atomic mass is 35.5. The maximum atomic E-state index is 12.7. The van der Waals surface area contributed by atoms with Crippen LogP contribution < -0.4 is 14.2 Å². The van der Waals surface area contributed by atoms with Crippen LogP contribution in [0.5, 0.6) is 11.5 Å². The summed E-state index contributed by atoms with van der Waals surface area (Å²) >= 11 is 18.0. The van der Waals surface area contributed by atoms with Crippen molar-refractivity contribution < 1.29 is 35.9 Å². The normalized spacial score (nSPS) is 11.9. The zero-order valence-electron chi connectivity index (χ0n) is 16.9. The molecule has 0 saturated heterocycles. The van der Waals surface area contributed by atoms with Crippen LogP contribution in [0.1, 0.15) is 16.2 Å². The number of alkyl halides is 3. The Kier molecular flexibility index (Phi) is 7.22. The van der Waals surface area contributed by atoms with Gasteiger partial charge in [-0.3, -0.25) is 4.79 Å². The fourth-order valence-electron chi connectivity index (χ4n) is 2.73. The highest BCUT2D eigenvalue weighted by molar-refractivity contribution is 7.90. The van der Waals surface area contributed by atoms with E-state index in [0.29, 0.717) is 0 Å². The number of ether oxygens (including phenoxy) is 2. The Morgan fingerprint density at radius 2 is 1.68 bits per heavy atom. The number of amides is 1. The third kappa shape index (κ3) is 5.49. The van der Waals surface area contributed by atoms with E-state index in [2.05, 4.69) is 15.0 Å². The summed E-state index contributed by atoms with van der Waals surface area (Å²) < 4.78 is 74.3. The molecular weight excluding hydrogens is 548 g/mol. The quantitative estimate of drug-likeness (QED) is 0.471. The summed E-state index contributed by atoms with van der Waals surface area (Å²) in [6.07, 6.45) is -4.97. The smallest absolute Gasteiger partial charge is 0.497 e. The Morgan fingerprint density at radius 1 is 1.06 bits per heavy atom. The molecule has 3 aromatic rings. The van der Waals surface area contributed by atoms with Crippen LogP contribution >= 0.6 is 34.8 Å². The molecule has 0 fully saturated rings. The van der Waals surface area contributed by atoms with E-state index >= 15 is 0 Å². The van der Waals surface area contributed by atoms with Gasteiger partial charge in [0, 0.05) is 18.2 Å². The summed E-state index contributed by atoms with van der Waals surface area (Å²) in [6, 6.07) is 5.50. The van der Waals surface area contributed by atoms with Gasteiger partial charge in [-0.05, 0) is 19.1 Å². The highest BCUT2D eigenvalue weighted by Gasteiger charge is 2.32. The van der Waals surface area contributed by atoms with Crippen molar-refractivity contribution in [3.05, 3.63) is 56.8 Å². The van der Waals surface area contributed by atoms with E-state index in [1.165, 1.54) is 26.2 Å². The number of carbonyl (C=O) groups is 1. The number of carbonyl (C=O) groups excluding carboxylic acids is 1. The van der Waals surface area contributed by atoms with E-state index in [4.69, 9.17) is 39.5 Å². The minimum atomic E-state index is -4.97. The van der Waals surface area contributed by atoms with Gasteiger partial charge in [0.15, 0.2) is 5.69 Å². The lowest BCUT2D eigenvalue weighted by Gasteiger charge is -2.13. The van der Waals surface area contributed by atoms with Gasteiger partial charge in [0.25, 0.3) is 15.9 Å². The molecule has 0 aliphatic heterocycles. The van der Waals surface area contributed by atoms with Gasteiger partial charge in [0.05, 0.1) is 27.9 Å². The van der Waals surface area contributed by atoms with Gasteiger partial charge >= 0.3 is 6.36 Å². The molecule has 0 aliphatic carbocycles. The first kappa shape index (κ1) is 25.9. The summed E-state index contributed by atoms with van der Waals surface area (Å²) in [5, 5.41) is 6.58. The third-order valence-electron chi connectivity index (χ3n) is 4.20. The predicted molar refractivity (Wildman–Crippen MR) is 115 cm³/mol. The molecule has 34 heavy (non-hydrogen) atoms. The van der Waals surface area contributed by atoms with Gasteiger partial charge in [-0.15, -0.1) is 18.3 Å². The highest BCUT2D eigenvalue weighted by Crippen LogP contribution is 2.36. The lowest BCUT2D eigenvalue weighted by atomic mass is 10.2. The van der Waals surface area contributed by atoms with Crippen LogP contribution in [0.2, 0.25) is 15.1 Å². The van der Waals surface area contributed by atoms with Crippen molar-refractivity contribution in [3.8, 4) is 17.2 Å². The summed E-state index contributed by atoms with van der Waals surface area (Å²) in [6.45, 7) is 1.34. The van der Waals surface area contributed by atoms with Crippen molar-refractivity contribution in [2.24, 2.45) is 0 Å². The van der Waals surface area contributed by atoms with Gasteiger partial charge in [0.2, 0.25) is 0 Å². The van der Waals surface area contributed by atoms with Crippen molar-refractivity contribution in [3.63, 3.8) is 0 Å². The van der Waals surface area contributed by atoms with Crippen molar-refractivity contribution in [2.45, 2.75) is 18.2 Å². The molecule has 0 spiro atoms. The zero-order valence-corrected chi connectivity index (χ0v) is 20.0. The fourth-order valence-corrected chi connectivity index (χ4v) is 4.83. The number of nitrogens with zero attached hydrogens (tertiary/aromatic N) is 3. The molecule has 3 rings (SSSR count). The van der Waals surface area contributed by atoms with E-state index in [-0.39, 0.29) is 32.2 Å². The first-order valence-corrected chi connectivity index (χ1v) is 11.4. The summed E-state index contributed by atoms with van der Waals surface area (Å²) in [5.74, 6) is -1.66. The lowest BCUT2D eigenvalue weighted by molar-refractivity contribution is -0.274. The Bertz CT molecular complexity index is 1360. The molecule has 0 unspecified atom stereocenters. The van der Waals surface area contributed by atoms with E-state index in [9.17, 15) is 26.4 Å². The van der Waals surface area contributed by atoms with Gasteiger partial charge in [-0.25, -0.2) is 17.8 Å². The van der Waals surface area contributed by atoms with Gasteiger partial charge < -0.3 is 9.47 Å². The number of rotatable bonds is 6. The first-order valence-electron chi connectivity index (χ1n) is 8.81. The Morgan fingerprint density at radius 3 is 2.24 bits per heavy atom. The molecule has 182 valence electrons. The molecule has 0 radical (unpaired) electrons. The number of nitrogens with one attached hydrogen (secondary N) is 1. The Labute approximate surface area is 205 Å². The number of hydrogen-bond donors (Lipinski definition) is 1. The molecular formula is C18H12Cl3F3N4O5S. The van der Waals surface area contributed by atoms with Crippen molar-refractivity contribution >= 4 is 50.7 Å². The SMILES string of the molecule is COc1ccc(Cl)c(S(=O)(=O)NC(=O)c2nnn(-c3c(Cl)cc(OC(F)(F)F)cc3Cl)c2C)c1. The largest absolute Gasteiger partial charge is 0.573 e. The number of aromatic nitrogens is 3. The molecule has 0 bridgehead atoms. The molecule has 0 atom stereocenters. The van der Waals surface area contributed by atoms with Crippen LogP contribution in [0.25, 0.3) is 5.69 Å². The molecule has 1 aromatic heterocycles. The van der Waals surface area contributed by atoms with Crippen LogP contribution in [-0.4, -0.2) is 42.8 Å². The van der Waals surface area contributed by atoms with Gasteiger partial charge in [-0.2, -0.15) is 0 Å². The van der Waals surface area contributed by atoms with Crippen molar-refractivity contribution in [1.82, 2.24) is 19.7 Å². The molecule has 9 nitrogen and oxygen atoms in total. The minimum Gasteiger partial charge on any atom is -0.497 e. The molecule has 0 aliphatic rings. The second-order valence-corrected chi connectivity index (χ2v) is 9.32. The van der Waals surface area contributed by atoms with Gasteiger partial charge in [0.1, 0.15) is 22.1 Å². The van der Waals surface area contributed by atoms with Crippen LogP contribution in [-0.2, 0) is 10.0 Å². The maximum absolute atomic E-state index is 12.7. The van der Waals surface area contributed by atoms with E-state index in [0.717, 1.165) is 22.9 Å². The second kappa shape index (κ2) is 9.49. The Hall–Kier alpha value is -2.74. The fraction of sp³-hybridized carbons (Fsp3) is 0.167. The van der Waals surface area contributed by atoms with Crippen molar-refractivity contribution in [2.75, 3.05) is 7.11 Å². The van der Waals surface area contributed by atoms with Crippen LogP contribution in [0, 0.1) is 6.92 Å². The Balaban J connectivity index is 1.94. The summed E-state index contributed by atoms with van der Waals surface area (Å²) in [5.41, 5.74) is -0.552. The number of methoxy groups -OCH3 is 1. The topological polar surface area (TPSA) is 112 Å². The van der Waals surface area contributed by atoms with Crippen LogP contribution in [0.4, 0.5) is 13.2 Å². The first-order chi connectivity index (χ1) is 15.7. The number of benzene rings is 2. The van der Waals surface area contributed by atoms with E-state index < -0.39 is 38.6 Å². The van der Waals surface area contributed by atoms with Gasteiger partial charge in [-0.1, -0.05) is 40.0 Å².